The van der Waals surface area contributed by atoms with Crippen molar-refractivity contribution in [1.29, 1.82) is 0 Å². The van der Waals surface area contributed by atoms with Gasteiger partial charge in [-0.2, -0.15) is 0 Å². The van der Waals surface area contributed by atoms with Crippen LogP contribution in [0.5, 0.6) is 0 Å². The van der Waals surface area contributed by atoms with Crippen molar-refractivity contribution in [2.75, 3.05) is 6.61 Å². The Morgan fingerprint density at radius 1 is 1.27 bits per heavy atom. The van der Waals surface area contributed by atoms with E-state index in [9.17, 15) is 9.90 Å². The van der Waals surface area contributed by atoms with Crippen LogP contribution < -0.4 is 0 Å². The van der Waals surface area contributed by atoms with Crippen molar-refractivity contribution in [2.45, 2.75) is 59.0 Å². The summed E-state index contributed by atoms with van der Waals surface area (Å²) in [5.41, 5.74) is 0. The molecule has 0 aromatic heterocycles. The number of rotatable bonds is 8. The number of esters is 1. The maximum Gasteiger partial charge on any atom is 0.311 e. The molecule has 3 heteroatoms. The molecule has 0 rings (SSSR count). The molecule has 0 spiro atoms. The van der Waals surface area contributed by atoms with Crippen LogP contribution in [0.25, 0.3) is 0 Å². The van der Waals surface area contributed by atoms with E-state index < -0.39 is 12.0 Å². The Balaban J connectivity index is 3.68. The molecule has 0 fully saturated rings. The molecule has 0 aromatic rings. The van der Waals surface area contributed by atoms with Crippen molar-refractivity contribution in [2.24, 2.45) is 5.92 Å². The van der Waals surface area contributed by atoms with Gasteiger partial charge in [-0.1, -0.05) is 32.6 Å². The Morgan fingerprint density at radius 3 is 2.47 bits per heavy atom. The number of carbonyl (C=O) groups is 1. The first-order valence-electron chi connectivity index (χ1n) is 5.98. The summed E-state index contributed by atoms with van der Waals surface area (Å²) in [5.74, 6) is -0.688. The van der Waals surface area contributed by atoms with Crippen LogP contribution in [-0.4, -0.2) is 23.8 Å². The first-order chi connectivity index (χ1) is 7.13. The van der Waals surface area contributed by atoms with E-state index in [1.807, 2.05) is 0 Å². The topological polar surface area (TPSA) is 46.5 Å². The SMILES string of the molecule is CCCCCC[C@@H](O)[C@@H](C)C(=O)OCC. The number of aliphatic hydroxyl groups is 1. The Morgan fingerprint density at radius 2 is 1.93 bits per heavy atom. The van der Waals surface area contributed by atoms with E-state index >= 15 is 0 Å². The van der Waals surface area contributed by atoms with Gasteiger partial charge in [-0.3, -0.25) is 4.79 Å². The van der Waals surface area contributed by atoms with Gasteiger partial charge < -0.3 is 9.84 Å². The molecule has 0 aliphatic carbocycles. The molecule has 0 unspecified atom stereocenters. The van der Waals surface area contributed by atoms with Gasteiger partial charge in [0.25, 0.3) is 0 Å². The molecule has 15 heavy (non-hydrogen) atoms. The van der Waals surface area contributed by atoms with Gasteiger partial charge >= 0.3 is 5.97 Å². The largest absolute Gasteiger partial charge is 0.466 e. The zero-order valence-corrected chi connectivity index (χ0v) is 10.2. The highest BCUT2D eigenvalue weighted by Gasteiger charge is 2.22. The molecule has 3 nitrogen and oxygen atoms in total. The maximum atomic E-state index is 11.3. The molecule has 0 radical (unpaired) electrons. The molecule has 0 aliphatic rings. The van der Waals surface area contributed by atoms with E-state index in [0.29, 0.717) is 13.0 Å². The van der Waals surface area contributed by atoms with Crippen molar-refractivity contribution < 1.29 is 14.6 Å². The van der Waals surface area contributed by atoms with E-state index in [-0.39, 0.29) is 5.97 Å². The van der Waals surface area contributed by atoms with Crippen LogP contribution in [0.3, 0.4) is 0 Å². The van der Waals surface area contributed by atoms with E-state index in [1.54, 1.807) is 13.8 Å². The zero-order chi connectivity index (χ0) is 11.7. The fraction of sp³-hybridized carbons (Fsp3) is 0.917. The first kappa shape index (κ1) is 14.4. The van der Waals surface area contributed by atoms with E-state index in [1.165, 1.54) is 12.8 Å². The lowest BCUT2D eigenvalue weighted by molar-refractivity contribution is -0.151. The summed E-state index contributed by atoms with van der Waals surface area (Å²) < 4.78 is 4.85. The molecule has 0 saturated carbocycles. The van der Waals surface area contributed by atoms with Crippen LogP contribution in [0.4, 0.5) is 0 Å². The van der Waals surface area contributed by atoms with Gasteiger partial charge in [0.05, 0.1) is 18.6 Å². The quantitative estimate of drug-likeness (QED) is 0.501. The Labute approximate surface area is 92.8 Å². The second-order valence-electron chi connectivity index (χ2n) is 3.96. The van der Waals surface area contributed by atoms with Crippen molar-refractivity contribution in [1.82, 2.24) is 0 Å². The summed E-state index contributed by atoms with van der Waals surface area (Å²) in [6.45, 7) is 6.03. The monoisotopic (exact) mass is 216 g/mol. The molecule has 1 N–H and O–H groups in total. The van der Waals surface area contributed by atoms with Gasteiger partial charge in [-0.25, -0.2) is 0 Å². The third-order valence-corrected chi connectivity index (χ3v) is 2.59. The molecule has 90 valence electrons. The van der Waals surface area contributed by atoms with Crippen LogP contribution >= 0.6 is 0 Å². The van der Waals surface area contributed by atoms with E-state index in [0.717, 1.165) is 12.8 Å². The van der Waals surface area contributed by atoms with Crippen LogP contribution in [-0.2, 0) is 9.53 Å². The third-order valence-electron chi connectivity index (χ3n) is 2.59. The van der Waals surface area contributed by atoms with Crippen molar-refractivity contribution in [3.05, 3.63) is 0 Å². The van der Waals surface area contributed by atoms with Crippen LogP contribution in [0.1, 0.15) is 52.9 Å². The smallest absolute Gasteiger partial charge is 0.311 e. The Hall–Kier alpha value is -0.570. The number of hydrogen-bond acceptors (Lipinski definition) is 3. The summed E-state index contributed by atoms with van der Waals surface area (Å²) in [4.78, 5) is 11.3. The lowest BCUT2D eigenvalue weighted by Crippen LogP contribution is -2.27. The minimum atomic E-state index is -0.555. The highest BCUT2D eigenvalue weighted by atomic mass is 16.5. The minimum absolute atomic E-state index is 0.291. The minimum Gasteiger partial charge on any atom is -0.466 e. The molecule has 0 bridgehead atoms. The molecule has 0 heterocycles. The second-order valence-corrected chi connectivity index (χ2v) is 3.96. The van der Waals surface area contributed by atoms with Gasteiger partial charge in [0.15, 0.2) is 0 Å². The molecule has 0 saturated heterocycles. The lowest BCUT2D eigenvalue weighted by atomic mass is 9.99. The van der Waals surface area contributed by atoms with Crippen LogP contribution in [0.2, 0.25) is 0 Å². The molecular formula is C12H24O3. The van der Waals surface area contributed by atoms with Crippen molar-refractivity contribution >= 4 is 5.97 Å². The van der Waals surface area contributed by atoms with E-state index in [2.05, 4.69) is 6.92 Å². The predicted molar refractivity (Wildman–Crippen MR) is 60.6 cm³/mol. The number of ether oxygens (including phenoxy) is 1. The molecule has 0 aromatic carbocycles. The molecule has 0 amide bonds. The van der Waals surface area contributed by atoms with Gasteiger partial charge in [-0.05, 0) is 20.3 Å². The van der Waals surface area contributed by atoms with Gasteiger partial charge in [-0.15, -0.1) is 0 Å². The van der Waals surface area contributed by atoms with Gasteiger partial charge in [0.1, 0.15) is 0 Å². The Bertz CT molecular complexity index is 168. The molecule has 0 aliphatic heterocycles. The summed E-state index contributed by atoms with van der Waals surface area (Å²) in [6.07, 6.45) is 4.63. The Kier molecular flexibility index (Phi) is 8.38. The summed E-state index contributed by atoms with van der Waals surface area (Å²) in [7, 11) is 0. The number of unbranched alkanes of at least 4 members (excludes halogenated alkanes) is 3. The maximum absolute atomic E-state index is 11.3. The number of aliphatic hydroxyl groups excluding tert-OH is 1. The average molecular weight is 216 g/mol. The van der Waals surface area contributed by atoms with Gasteiger partial charge in [0, 0.05) is 0 Å². The van der Waals surface area contributed by atoms with Crippen LogP contribution in [0.15, 0.2) is 0 Å². The first-order valence-corrected chi connectivity index (χ1v) is 5.98. The van der Waals surface area contributed by atoms with Crippen LogP contribution in [0, 0.1) is 5.92 Å². The van der Waals surface area contributed by atoms with Gasteiger partial charge in [0.2, 0.25) is 0 Å². The average Bonchev–Trinajstić information content (AvgIpc) is 2.23. The standard InChI is InChI=1S/C12H24O3/c1-4-6-7-8-9-11(13)10(3)12(14)15-5-2/h10-11,13H,4-9H2,1-3H3/t10-,11-/m1/s1. The molecular weight excluding hydrogens is 192 g/mol. The molecule has 2 atom stereocenters. The summed E-state index contributed by atoms with van der Waals surface area (Å²) in [6, 6.07) is 0. The zero-order valence-electron chi connectivity index (χ0n) is 10.2. The highest BCUT2D eigenvalue weighted by molar-refractivity contribution is 5.72. The number of hydrogen-bond donors (Lipinski definition) is 1. The summed E-state index contributed by atoms with van der Waals surface area (Å²) >= 11 is 0. The van der Waals surface area contributed by atoms with Crippen molar-refractivity contribution in [3.63, 3.8) is 0 Å². The second kappa shape index (κ2) is 8.72. The lowest BCUT2D eigenvalue weighted by Gasteiger charge is -2.16. The fourth-order valence-corrected chi connectivity index (χ4v) is 1.46. The third kappa shape index (κ3) is 6.50. The highest BCUT2D eigenvalue weighted by Crippen LogP contribution is 2.13. The summed E-state index contributed by atoms with van der Waals surface area (Å²) in [5, 5.41) is 9.71. The van der Waals surface area contributed by atoms with Crippen molar-refractivity contribution in [3.8, 4) is 0 Å². The normalized spacial score (nSPS) is 14.7. The fourth-order valence-electron chi connectivity index (χ4n) is 1.46. The predicted octanol–water partition coefficient (Wildman–Crippen LogP) is 2.52. The number of carbonyl (C=O) groups excluding carboxylic acids is 1. The van der Waals surface area contributed by atoms with E-state index in [4.69, 9.17) is 4.74 Å².